The Labute approximate surface area is 137 Å². The van der Waals surface area contributed by atoms with E-state index in [4.69, 9.17) is 21.4 Å². The van der Waals surface area contributed by atoms with Gasteiger partial charge in [-0.15, -0.1) is 0 Å². The molecule has 0 aromatic heterocycles. The van der Waals surface area contributed by atoms with Gasteiger partial charge in [-0.3, -0.25) is 4.31 Å². The fourth-order valence-electron chi connectivity index (χ4n) is 2.34. The Morgan fingerprint density at radius 3 is 2.57 bits per heavy atom. The van der Waals surface area contributed by atoms with Crippen molar-refractivity contribution in [2.75, 3.05) is 11.4 Å². The van der Waals surface area contributed by atoms with Gasteiger partial charge in [0.2, 0.25) is 0 Å². The Morgan fingerprint density at radius 1 is 1.22 bits per heavy atom. The number of hydrogen-bond donors (Lipinski definition) is 1. The Balaban J connectivity index is 2.33. The zero-order chi connectivity index (χ0) is 16.9. The van der Waals surface area contributed by atoms with Gasteiger partial charge < -0.3 is 9.84 Å². The molecular formula is C15H12ClNO5S. The van der Waals surface area contributed by atoms with Gasteiger partial charge in [-0.2, -0.15) is 0 Å². The molecule has 1 aliphatic rings. The zero-order valence-electron chi connectivity index (χ0n) is 12.2. The van der Waals surface area contributed by atoms with E-state index in [0.29, 0.717) is 11.4 Å². The van der Waals surface area contributed by atoms with Crippen LogP contribution in [0.1, 0.15) is 15.9 Å². The molecule has 0 aliphatic carbocycles. The fraction of sp³-hybridized carbons (Fsp3) is 0.133. The number of fused-ring (bicyclic) bond motifs is 2. The molecule has 0 spiro atoms. The standard InChI is InChI=1S/C15H12ClNO5S/c1-8-3-4-12-11(5-8)17(2)23(20,21)14-6-9(15(18)19)10(16)7-13(14)22-12/h3-7H,1-2H3,(H,18,19). The third-order valence-corrected chi connectivity index (χ3v) is 5.68. The van der Waals surface area contributed by atoms with Crippen LogP contribution in [-0.2, 0) is 10.0 Å². The van der Waals surface area contributed by atoms with Crippen LogP contribution in [0.3, 0.4) is 0 Å². The molecule has 1 N–H and O–H groups in total. The summed E-state index contributed by atoms with van der Waals surface area (Å²) < 4.78 is 32.3. The Bertz CT molecular complexity index is 939. The van der Waals surface area contributed by atoms with Gasteiger partial charge in [0.1, 0.15) is 10.6 Å². The van der Waals surface area contributed by atoms with Crippen molar-refractivity contribution < 1.29 is 23.1 Å². The summed E-state index contributed by atoms with van der Waals surface area (Å²) in [5.41, 5.74) is 0.937. The summed E-state index contributed by atoms with van der Waals surface area (Å²) in [7, 11) is -2.58. The lowest BCUT2D eigenvalue weighted by Gasteiger charge is -2.18. The number of ether oxygens (including phenoxy) is 1. The first-order chi connectivity index (χ1) is 10.7. The molecule has 1 aliphatic heterocycles. The molecule has 23 heavy (non-hydrogen) atoms. The molecule has 0 radical (unpaired) electrons. The van der Waals surface area contributed by atoms with Gasteiger partial charge >= 0.3 is 5.97 Å². The lowest BCUT2D eigenvalue weighted by Crippen LogP contribution is -2.26. The molecule has 0 atom stereocenters. The summed E-state index contributed by atoms with van der Waals surface area (Å²) in [6, 6.07) is 7.35. The van der Waals surface area contributed by atoms with Crippen molar-refractivity contribution in [2.45, 2.75) is 11.8 Å². The Morgan fingerprint density at radius 2 is 1.91 bits per heavy atom. The second kappa shape index (κ2) is 5.14. The highest BCUT2D eigenvalue weighted by Crippen LogP contribution is 2.43. The van der Waals surface area contributed by atoms with E-state index in [0.717, 1.165) is 15.9 Å². The van der Waals surface area contributed by atoms with Gasteiger partial charge in [-0.05, 0) is 30.7 Å². The van der Waals surface area contributed by atoms with Gasteiger partial charge in [-0.25, -0.2) is 13.2 Å². The SMILES string of the molecule is Cc1ccc2c(c1)N(C)S(=O)(=O)c1cc(C(=O)O)c(Cl)cc1O2. The van der Waals surface area contributed by atoms with Crippen LogP contribution in [0.2, 0.25) is 5.02 Å². The van der Waals surface area contributed by atoms with Gasteiger partial charge in [0.25, 0.3) is 10.0 Å². The molecule has 2 aromatic rings. The molecular weight excluding hydrogens is 342 g/mol. The predicted octanol–water partition coefficient (Wildman–Crippen LogP) is 3.28. The van der Waals surface area contributed by atoms with Crippen LogP contribution in [0.25, 0.3) is 0 Å². The third-order valence-electron chi connectivity index (χ3n) is 3.58. The maximum Gasteiger partial charge on any atom is 0.337 e. The molecule has 0 unspecified atom stereocenters. The van der Waals surface area contributed by atoms with Crippen LogP contribution in [0.15, 0.2) is 35.2 Å². The second-order valence-electron chi connectivity index (χ2n) is 5.13. The first-order valence-corrected chi connectivity index (χ1v) is 8.38. The van der Waals surface area contributed by atoms with E-state index >= 15 is 0 Å². The molecule has 3 rings (SSSR count). The number of sulfonamides is 1. The topological polar surface area (TPSA) is 83.9 Å². The number of nitrogens with zero attached hydrogens (tertiary/aromatic N) is 1. The maximum atomic E-state index is 12.8. The molecule has 2 aromatic carbocycles. The summed E-state index contributed by atoms with van der Waals surface area (Å²) in [5.74, 6) is -0.970. The molecule has 120 valence electrons. The van der Waals surface area contributed by atoms with Crippen LogP contribution in [0.5, 0.6) is 11.5 Å². The van der Waals surface area contributed by atoms with Gasteiger partial charge in [0.15, 0.2) is 5.75 Å². The number of anilines is 1. The normalized spacial score (nSPS) is 15.2. The summed E-state index contributed by atoms with van der Waals surface area (Å²) in [4.78, 5) is 11.0. The van der Waals surface area contributed by atoms with Crippen LogP contribution >= 0.6 is 11.6 Å². The first-order valence-electron chi connectivity index (χ1n) is 6.56. The molecule has 6 nitrogen and oxygen atoms in total. The molecule has 0 saturated carbocycles. The number of carboxylic acids is 1. The molecule has 0 amide bonds. The van der Waals surface area contributed by atoms with Crippen LogP contribution in [0.4, 0.5) is 5.69 Å². The molecule has 0 fully saturated rings. The van der Waals surface area contributed by atoms with E-state index < -0.39 is 16.0 Å². The van der Waals surface area contributed by atoms with Gasteiger partial charge in [-0.1, -0.05) is 17.7 Å². The average molecular weight is 354 g/mol. The summed E-state index contributed by atoms with van der Waals surface area (Å²) >= 11 is 5.92. The third kappa shape index (κ3) is 2.42. The highest BCUT2D eigenvalue weighted by atomic mass is 35.5. The predicted molar refractivity (Wildman–Crippen MR) is 85.3 cm³/mol. The van der Waals surface area contributed by atoms with Crippen molar-refractivity contribution >= 4 is 33.3 Å². The maximum absolute atomic E-state index is 12.8. The number of carbonyl (C=O) groups is 1. The molecule has 1 heterocycles. The quantitative estimate of drug-likeness (QED) is 0.850. The lowest BCUT2D eigenvalue weighted by molar-refractivity contribution is 0.0697. The second-order valence-corrected chi connectivity index (χ2v) is 7.47. The largest absolute Gasteiger partial charge is 0.478 e. The minimum absolute atomic E-state index is 0.00514. The van der Waals surface area contributed by atoms with Crippen molar-refractivity contribution in [3.8, 4) is 11.5 Å². The van der Waals surface area contributed by atoms with Crippen molar-refractivity contribution in [3.63, 3.8) is 0 Å². The molecule has 8 heteroatoms. The van der Waals surface area contributed by atoms with Crippen LogP contribution in [-0.4, -0.2) is 26.5 Å². The number of aromatic carboxylic acids is 1. The van der Waals surface area contributed by atoms with Crippen molar-refractivity contribution in [1.82, 2.24) is 0 Å². The average Bonchev–Trinajstić information content (AvgIpc) is 2.54. The fourth-order valence-corrected chi connectivity index (χ4v) is 3.89. The van der Waals surface area contributed by atoms with E-state index in [9.17, 15) is 13.2 Å². The van der Waals surface area contributed by atoms with E-state index in [1.807, 2.05) is 6.92 Å². The van der Waals surface area contributed by atoms with E-state index in [1.165, 1.54) is 13.1 Å². The van der Waals surface area contributed by atoms with Gasteiger partial charge in [0.05, 0.1) is 16.3 Å². The van der Waals surface area contributed by atoms with Crippen LogP contribution in [0, 0.1) is 6.92 Å². The number of benzene rings is 2. The molecule has 0 bridgehead atoms. The van der Waals surface area contributed by atoms with Crippen molar-refractivity contribution in [2.24, 2.45) is 0 Å². The van der Waals surface area contributed by atoms with E-state index in [2.05, 4.69) is 0 Å². The Kier molecular flexibility index (Phi) is 3.50. The lowest BCUT2D eigenvalue weighted by atomic mass is 10.2. The van der Waals surface area contributed by atoms with Crippen molar-refractivity contribution in [3.05, 3.63) is 46.5 Å². The minimum atomic E-state index is -3.97. The smallest absolute Gasteiger partial charge is 0.337 e. The number of hydrogen-bond acceptors (Lipinski definition) is 4. The number of halogens is 1. The number of carboxylic acid groups (broad SMARTS) is 1. The highest BCUT2D eigenvalue weighted by Gasteiger charge is 2.33. The van der Waals surface area contributed by atoms with Crippen LogP contribution < -0.4 is 9.04 Å². The summed E-state index contributed by atoms with van der Waals surface area (Å²) in [6.07, 6.45) is 0. The van der Waals surface area contributed by atoms with E-state index in [1.54, 1.807) is 18.2 Å². The highest BCUT2D eigenvalue weighted by molar-refractivity contribution is 7.93. The molecule has 0 saturated heterocycles. The Hall–Kier alpha value is -2.25. The first kappa shape index (κ1) is 15.6. The summed E-state index contributed by atoms with van der Waals surface area (Å²) in [5, 5.41) is 9.06. The summed E-state index contributed by atoms with van der Waals surface area (Å²) in [6.45, 7) is 1.83. The van der Waals surface area contributed by atoms with E-state index in [-0.39, 0.29) is 21.2 Å². The number of rotatable bonds is 1. The zero-order valence-corrected chi connectivity index (χ0v) is 13.8. The minimum Gasteiger partial charge on any atom is -0.478 e. The van der Waals surface area contributed by atoms with Gasteiger partial charge in [0, 0.05) is 13.1 Å². The van der Waals surface area contributed by atoms with Crippen molar-refractivity contribution in [1.29, 1.82) is 0 Å². The monoisotopic (exact) mass is 353 g/mol. The number of aryl methyl sites for hydroxylation is 1.